The Morgan fingerprint density at radius 1 is 1.41 bits per heavy atom. The molecule has 2 heterocycles. The maximum absolute atomic E-state index is 6.04. The molecule has 1 aromatic heterocycles. The van der Waals surface area contributed by atoms with Crippen molar-refractivity contribution in [1.82, 2.24) is 14.9 Å². The first kappa shape index (κ1) is 17.4. The first-order valence-corrected chi connectivity index (χ1v) is 7.69. The number of rotatable bonds is 4. The summed E-state index contributed by atoms with van der Waals surface area (Å²) in [6.45, 7) is 5.07. The molecule has 1 aliphatic carbocycles. The highest BCUT2D eigenvalue weighted by atomic mass is 127. The molecule has 1 aromatic rings. The SMILES string of the molecule is CC1CN(C(N)=NCCc2cnc(C3CC3)nc2)CCO1.I. The fourth-order valence-corrected chi connectivity index (χ4v) is 2.47. The Hall–Kier alpha value is -0.960. The molecule has 2 N–H and O–H groups in total. The van der Waals surface area contributed by atoms with Crippen molar-refractivity contribution < 1.29 is 4.74 Å². The number of ether oxygens (including phenoxy) is 1. The minimum atomic E-state index is 0. The number of aromatic nitrogens is 2. The zero-order valence-corrected chi connectivity index (χ0v) is 15.3. The number of hydrogen-bond acceptors (Lipinski definition) is 4. The quantitative estimate of drug-likeness (QED) is 0.457. The van der Waals surface area contributed by atoms with E-state index < -0.39 is 0 Å². The predicted octanol–water partition coefficient (Wildman–Crippen LogP) is 1.55. The van der Waals surface area contributed by atoms with E-state index >= 15 is 0 Å². The van der Waals surface area contributed by atoms with Gasteiger partial charge in [0.15, 0.2) is 5.96 Å². The van der Waals surface area contributed by atoms with Gasteiger partial charge in [-0.2, -0.15) is 0 Å². The summed E-state index contributed by atoms with van der Waals surface area (Å²) in [6.07, 6.45) is 7.35. The average Bonchev–Trinajstić information content (AvgIpc) is 3.32. The van der Waals surface area contributed by atoms with E-state index in [1.807, 2.05) is 12.4 Å². The Bertz CT molecular complexity index is 503. The van der Waals surface area contributed by atoms with Gasteiger partial charge in [0.05, 0.1) is 12.7 Å². The predicted molar refractivity (Wildman–Crippen MR) is 96.6 cm³/mol. The molecule has 1 saturated heterocycles. The van der Waals surface area contributed by atoms with Crippen LogP contribution in [0.25, 0.3) is 0 Å². The normalized spacial score (nSPS) is 22.3. The molecule has 22 heavy (non-hydrogen) atoms. The number of aliphatic imine (C=N–C) groups is 1. The Morgan fingerprint density at radius 3 is 2.77 bits per heavy atom. The van der Waals surface area contributed by atoms with Gasteiger partial charge in [0.25, 0.3) is 0 Å². The van der Waals surface area contributed by atoms with E-state index in [2.05, 4.69) is 26.8 Å². The van der Waals surface area contributed by atoms with Crippen LogP contribution in [0.1, 0.15) is 37.1 Å². The zero-order valence-electron chi connectivity index (χ0n) is 12.9. The summed E-state index contributed by atoms with van der Waals surface area (Å²) in [6, 6.07) is 0. The van der Waals surface area contributed by atoms with Crippen molar-refractivity contribution in [3.8, 4) is 0 Å². The molecule has 1 unspecified atom stereocenters. The zero-order chi connectivity index (χ0) is 14.7. The topological polar surface area (TPSA) is 76.6 Å². The van der Waals surface area contributed by atoms with Crippen LogP contribution in [0.3, 0.4) is 0 Å². The van der Waals surface area contributed by atoms with Gasteiger partial charge in [0, 0.05) is 37.9 Å². The fourth-order valence-electron chi connectivity index (χ4n) is 2.47. The van der Waals surface area contributed by atoms with Crippen LogP contribution >= 0.6 is 24.0 Å². The van der Waals surface area contributed by atoms with Gasteiger partial charge in [-0.15, -0.1) is 24.0 Å². The molecular weight excluding hydrogens is 393 g/mol. The number of morpholine rings is 1. The molecular formula is C15H24IN5O. The third-order valence-corrected chi connectivity index (χ3v) is 3.91. The summed E-state index contributed by atoms with van der Waals surface area (Å²) in [7, 11) is 0. The van der Waals surface area contributed by atoms with E-state index in [9.17, 15) is 0 Å². The van der Waals surface area contributed by atoms with Crippen LogP contribution in [0, 0.1) is 0 Å². The Labute approximate surface area is 148 Å². The summed E-state index contributed by atoms with van der Waals surface area (Å²) < 4.78 is 5.50. The van der Waals surface area contributed by atoms with Crippen LogP contribution in [-0.2, 0) is 11.2 Å². The summed E-state index contributed by atoms with van der Waals surface area (Å²) in [5.41, 5.74) is 7.15. The molecule has 6 nitrogen and oxygen atoms in total. The molecule has 1 aliphatic heterocycles. The summed E-state index contributed by atoms with van der Waals surface area (Å²) in [5, 5.41) is 0. The van der Waals surface area contributed by atoms with Gasteiger partial charge in [-0.05, 0) is 31.7 Å². The van der Waals surface area contributed by atoms with E-state index in [0.29, 0.717) is 25.0 Å². The standard InChI is InChI=1S/C15H23N5O.HI/c1-11-10-20(6-7-21-11)15(16)17-5-4-12-8-18-14(19-9-12)13-2-3-13;/h8-9,11,13H,2-7,10H2,1H3,(H2,16,17);1H. The van der Waals surface area contributed by atoms with E-state index in [0.717, 1.165) is 30.9 Å². The number of halogens is 1. The Morgan fingerprint density at radius 2 is 2.14 bits per heavy atom. The van der Waals surface area contributed by atoms with E-state index in [1.54, 1.807) is 0 Å². The third kappa shape index (κ3) is 4.77. The lowest BCUT2D eigenvalue weighted by Crippen LogP contribution is -2.47. The second-order valence-corrected chi connectivity index (χ2v) is 5.84. The number of nitrogens with two attached hydrogens (primary N) is 1. The van der Waals surface area contributed by atoms with Crippen LogP contribution < -0.4 is 5.73 Å². The van der Waals surface area contributed by atoms with Gasteiger partial charge in [0.1, 0.15) is 5.82 Å². The molecule has 2 fully saturated rings. The first-order chi connectivity index (χ1) is 10.2. The summed E-state index contributed by atoms with van der Waals surface area (Å²) >= 11 is 0. The van der Waals surface area contributed by atoms with E-state index in [4.69, 9.17) is 10.5 Å². The molecule has 0 spiro atoms. The van der Waals surface area contributed by atoms with Crippen LogP contribution in [0.15, 0.2) is 17.4 Å². The molecule has 0 aromatic carbocycles. The van der Waals surface area contributed by atoms with Gasteiger partial charge in [0.2, 0.25) is 0 Å². The maximum atomic E-state index is 6.04. The van der Waals surface area contributed by atoms with Crippen LogP contribution in [0.4, 0.5) is 0 Å². The second kappa shape index (κ2) is 8.05. The molecule has 1 saturated carbocycles. The average molecular weight is 417 g/mol. The lowest BCUT2D eigenvalue weighted by atomic mass is 10.2. The number of hydrogen-bond donors (Lipinski definition) is 1. The second-order valence-electron chi connectivity index (χ2n) is 5.84. The molecule has 7 heteroatoms. The van der Waals surface area contributed by atoms with Crippen molar-refractivity contribution in [2.45, 2.75) is 38.2 Å². The Kier molecular flexibility index (Phi) is 6.37. The molecule has 0 bridgehead atoms. The summed E-state index contributed by atoms with van der Waals surface area (Å²) in [5.74, 6) is 2.21. The summed E-state index contributed by atoms with van der Waals surface area (Å²) in [4.78, 5) is 15.4. The van der Waals surface area contributed by atoms with Crippen LogP contribution in [0.5, 0.6) is 0 Å². The maximum Gasteiger partial charge on any atom is 0.191 e. The van der Waals surface area contributed by atoms with Crippen molar-refractivity contribution in [2.24, 2.45) is 10.7 Å². The van der Waals surface area contributed by atoms with E-state index in [-0.39, 0.29) is 30.1 Å². The smallest absolute Gasteiger partial charge is 0.191 e. The lowest BCUT2D eigenvalue weighted by Gasteiger charge is -2.31. The lowest BCUT2D eigenvalue weighted by molar-refractivity contribution is 0.00530. The molecule has 0 radical (unpaired) electrons. The van der Waals surface area contributed by atoms with Gasteiger partial charge >= 0.3 is 0 Å². The fraction of sp³-hybridized carbons (Fsp3) is 0.667. The van der Waals surface area contributed by atoms with Gasteiger partial charge < -0.3 is 15.4 Å². The van der Waals surface area contributed by atoms with Crippen molar-refractivity contribution in [2.75, 3.05) is 26.2 Å². The van der Waals surface area contributed by atoms with Crippen LogP contribution in [0.2, 0.25) is 0 Å². The van der Waals surface area contributed by atoms with Crippen molar-refractivity contribution in [3.05, 3.63) is 23.8 Å². The van der Waals surface area contributed by atoms with Gasteiger partial charge in [-0.25, -0.2) is 9.97 Å². The third-order valence-electron chi connectivity index (χ3n) is 3.91. The Balaban J connectivity index is 0.00000176. The minimum Gasteiger partial charge on any atom is -0.375 e. The molecule has 1 atom stereocenters. The van der Waals surface area contributed by atoms with Crippen molar-refractivity contribution in [3.63, 3.8) is 0 Å². The monoisotopic (exact) mass is 417 g/mol. The first-order valence-electron chi connectivity index (χ1n) is 7.69. The molecule has 0 amide bonds. The van der Waals surface area contributed by atoms with Gasteiger partial charge in [-0.1, -0.05) is 0 Å². The van der Waals surface area contributed by atoms with Crippen molar-refractivity contribution in [1.29, 1.82) is 0 Å². The van der Waals surface area contributed by atoms with Crippen molar-refractivity contribution >= 4 is 29.9 Å². The highest BCUT2D eigenvalue weighted by molar-refractivity contribution is 14.0. The molecule has 122 valence electrons. The molecule has 3 rings (SSSR count). The number of nitrogens with zero attached hydrogens (tertiary/aromatic N) is 4. The molecule has 2 aliphatic rings. The number of guanidine groups is 1. The highest BCUT2D eigenvalue weighted by Crippen LogP contribution is 2.37. The van der Waals surface area contributed by atoms with E-state index in [1.165, 1.54) is 12.8 Å². The minimum absolute atomic E-state index is 0. The van der Waals surface area contributed by atoms with Crippen LogP contribution in [-0.4, -0.2) is 53.2 Å². The largest absolute Gasteiger partial charge is 0.375 e. The highest BCUT2D eigenvalue weighted by Gasteiger charge is 2.26. The van der Waals surface area contributed by atoms with Gasteiger partial charge in [-0.3, -0.25) is 4.99 Å².